The number of nitrogens with zero attached hydrogens (tertiary/aromatic N) is 2. The van der Waals surface area contributed by atoms with Crippen molar-refractivity contribution in [2.24, 2.45) is 5.92 Å². The van der Waals surface area contributed by atoms with Gasteiger partial charge in [-0.05, 0) is 51.1 Å². The number of piperidine rings is 1. The molecule has 1 saturated heterocycles. The largest absolute Gasteiger partial charge is 0.324 e. The third-order valence-electron chi connectivity index (χ3n) is 4.38. The summed E-state index contributed by atoms with van der Waals surface area (Å²) in [5, 5.41) is 9.16. The van der Waals surface area contributed by atoms with Crippen LogP contribution < -0.4 is 10.6 Å². The zero-order valence-corrected chi connectivity index (χ0v) is 17.1. The maximum Gasteiger partial charge on any atom is 0.238 e. The summed E-state index contributed by atoms with van der Waals surface area (Å²) >= 11 is 13.4. The van der Waals surface area contributed by atoms with E-state index in [2.05, 4.69) is 15.6 Å². The number of rotatable bonds is 5. The molecule has 2 N–H and O–H groups in total. The molecule has 3 rings (SSSR count). The van der Waals surface area contributed by atoms with E-state index >= 15 is 0 Å². The van der Waals surface area contributed by atoms with Crippen molar-refractivity contribution in [1.29, 1.82) is 0 Å². The Labute approximate surface area is 171 Å². The van der Waals surface area contributed by atoms with Crippen LogP contribution in [-0.2, 0) is 9.59 Å². The lowest BCUT2D eigenvalue weighted by Gasteiger charge is -2.30. The molecule has 0 unspecified atom stereocenters. The predicted molar refractivity (Wildman–Crippen MR) is 110 cm³/mol. The zero-order valence-electron chi connectivity index (χ0n) is 14.8. The summed E-state index contributed by atoms with van der Waals surface area (Å²) in [6.45, 7) is 3.52. The Bertz CT molecular complexity index is 835. The number of halogens is 2. The number of amides is 2. The minimum absolute atomic E-state index is 0.000777. The highest BCUT2D eigenvalue weighted by molar-refractivity contribution is 7.13. The highest BCUT2D eigenvalue weighted by Gasteiger charge is 2.26. The number of likely N-dealkylation sites (tertiary alicyclic amines) is 1. The molecule has 9 heteroatoms. The molecule has 144 valence electrons. The van der Waals surface area contributed by atoms with Crippen molar-refractivity contribution >= 4 is 57.2 Å². The van der Waals surface area contributed by atoms with Crippen LogP contribution >= 0.6 is 34.5 Å². The molecule has 0 spiro atoms. The fourth-order valence-corrected chi connectivity index (χ4v) is 3.99. The van der Waals surface area contributed by atoms with E-state index in [9.17, 15) is 9.59 Å². The number of hydrogen-bond donors (Lipinski definition) is 2. The Morgan fingerprint density at radius 1 is 1.26 bits per heavy atom. The number of carbonyl (C=O) groups excluding carboxylic acids is 2. The summed E-state index contributed by atoms with van der Waals surface area (Å²) in [7, 11) is 0. The molecular formula is C18H20Cl2N4O2S. The van der Waals surface area contributed by atoms with E-state index in [1.807, 2.05) is 17.2 Å². The number of nitrogens with one attached hydrogen (secondary N) is 2. The van der Waals surface area contributed by atoms with Gasteiger partial charge in [-0.15, -0.1) is 11.3 Å². The lowest BCUT2D eigenvalue weighted by molar-refractivity contribution is -0.121. The number of anilines is 2. The van der Waals surface area contributed by atoms with Crippen molar-refractivity contribution in [3.05, 3.63) is 39.3 Å². The van der Waals surface area contributed by atoms with Crippen molar-refractivity contribution in [3.8, 4) is 0 Å². The Morgan fingerprint density at radius 3 is 2.67 bits per heavy atom. The van der Waals surface area contributed by atoms with E-state index in [1.54, 1.807) is 18.2 Å². The van der Waals surface area contributed by atoms with E-state index in [4.69, 9.17) is 23.2 Å². The van der Waals surface area contributed by atoms with Gasteiger partial charge < -0.3 is 10.6 Å². The molecule has 0 bridgehead atoms. The Hall–Kier alpha value is -1.67. The first-order chi connectivity index (χ1) is 12.9. The summed E-state index contributed by atoms with van der Waals surface area (Å²) in [6, 6.07) is 4.94. The normalized spacial score (nSPS) is 15.5. The third kappa shape index (κ3) is 5.65. The van der Waals surface area contributed by atoms with Crippen LogP contribution in [0.1, 0.15) is 18.5 Å². The molecule has 0 saturated carbocycles. The second-order valence-electron chi connectivity index (χ2n) is 6.51. The van der Waals surface area contributed by atoms with Gasteiger partial charge in [-0.25, -0.2) is 4.98 Å². The van der Waals surface area contributed by atoms with Crippen LogP contribution in [0.15, 0.2) is 23.6 Å². The maximum absolute atomic E-state index is 12.3. The number of aromatic nitrogens is 1. The number of aryl methyl sites for hydroxylation is 1. The van der Waals surface area contributed by atoms with Gasteiger partial charge in [-0.1, -0.05) is 23.2 Å². The van der Waals surface area contributed by atoms with Crippen molar-refractivity contribution < 1.29 is 9.59 Å². The van der Waals surface area contributed by atoms with Crippen molar-refractivity contribution in [1.82, 2.24) is 9.88 Å². The van der Waals surface area contributed by atoms with Gasteiger partial charge in [0, 0.05) is 16.3 Å². The summed E-state index contributed by atoms with van der Waals surface area (Å²) < 4.78 is 0. The van der Waals surface area contributed by atoms with Crippen LogP contribution in [0.5, 0.6) is 0 Å². The summed E-state index contributed by atoms with van der Waals surface area (Å²) in [4.78, 5) is 30.9. The molecule has 2 heterocycles. The van der Waals surface area contributed by atoms with E-state index < -0.39 is 0 Å². The summed E-state index contributed by atoms with van der Waals surface area (Å²) in [6.07, 6.45) is 1.42. The van der Waals surface area contributed by atoms with Crippen molar-refractivity contribution in [2.45, 2.75) is 19.8 Å². The van der Waals surface area contributed by atoms with Gasteiger partial charge in [0.2, 0.25) is 11.8 Å². The van der Waals surface area contributed by atoms with Crippen LogP contribution in [0.4, 0.5) is 10.8 Å². The molecule has 1 aromatic heterocycles. The average Bonchev–Trinajstić information content (AvgIpc) is 3.03. The van der Waals surface area contributed by atoms with Crippen molar-refractivity contribution in [2.75, 3.05) is 30.3 Å². The van der Waals surface area contributed by atoms with Gasteiger partial charge in [0.25, 0.3) is 0 Å². The average molecular weight is 427 g/mol. The fourth-order valence-electron chi connectivity index (χ4n) is 2.96. The van der Waals surface area contributed by atoms with Crippen LogP contribution in [0.25, 0.3) is 0 Å². The number of thiazole rings is 1. The minimum Gasteiger partial charge on any atom is -0.324 e. The van der Waals surface area contributed by atoms with Gasteiger partial charge in [-0.3, -0.25) is 14.5 Å². The topological polar surface area (TPSA) is 74.3 Å². The molecule has 1 aromatic carbocycles. The highest BCUT2D eigenvalue weighted by atomic mass is 35.5. The van der Waals surface area contributed by atoms with Crippen LogP contribution in [0, 0.1) is 12.8 Å². The maximum atomic E-state index is 12.3. The SMILES string of the molecule is Cc1csc(NC(=O)C2CCN(CC(=O)Nc3cc(Cl)ccc3Cl)CC2)n1. The molecule has 1 aliphatic rings. The van der Waals surface area contributed by atoms with Crippen LogP contribution in [0.3, 0.4) is 0 Å². The first-order valence-electron chi connectivity index (χ1n) is 8.61. The molecular weight excluding hydrogens is 407 g/mol. The van der Waals surface area contributed by atoms with E-state index in [1.165, 1.54) is 11.3 Å². The molecule has 2 amide bonds. The van der Waals surface area contributed by atoms with Gasteiger partial charge >= 0.3 is 0 Å². The first-order valence-corrected chi connectivity index (χ1v) is 10.2. The molecule has 0 aliphatic carbocycles. The standard InChI is InChI=1S/C18H20Cl2N4O2S/c1-11-10-27-18(21-11)23-17(26)12-4-6-24(7-5-12)9-16(25)22-15-8-13(19)2-3-14(15)20/h2-3,8,10,12H,4-7,9H2,1H3,(H,22,25)(H,21,23,26). The third-order valence-corrected chi connectivity index (χ3v) is 5.82. The Balaban J connectivity index is 1.45. The zero-order chi connectivity index (χ0) is 19.4. The van der Waals surface area contributed by atoms with Gasteiger partial charge in [0.05, 0.1) is 22.9 Å². The van der Waals surface area contributed by atoms with E-state index in [0.29, 0.717) is 46.8 Å². The number of benzene rings is 1. The number of carbonyl (C=O) groups is 2. The monoisotopic (exact) mass is 426 g/mol. The molecule has 1 fully saturated rings. The first kappa shape index (κ1) is 20.1. The second-order valence-corrected chi connectivity index (χ2v) is 8.21. The van der Waals surface area contributed by atoms with Gasteiger partial charge in [-0.2, -0.15) is 0 Å². The summed E-state index contributed by atoms with van der Waals surface area (Å²) in [5.74, 6) is -0.213. The Kier molecular flexibility index (Phi) is 6.70. The molecule has 1 aliphatic heterocycles. The fraction of sp³-hybridized carbons (Fsp3) is 0.389. The van der Waals surface area contributed by atoms with Crippen molar-refractivity contribution in [3.63, 3.8) is 0 Å². The quantitative estimate of drug-likeness (QED) is 0.755. The summed E-state index contributed by atoms with van der Waals surface area (Å²) in [5.41, 5.74) is 1.40. The van der Waals surface area contributed by atoms with E-state index in [0.717, 1.165) is 5.69 Å². The smallest absolute Gasteiger partial charge is 0.238 e. The number of hydrogen-bond acceptors (Lipinski definition) is 5. The predicted octanol–water partition coefficient (Wildman–Crippen LogP) is 4.05. The van der Waals surface area contributed by atoms with Crippen LogP contribution in [0.2, 0.25) is 10.0 Å². The van der Waals surface area contributed by atoms with Gasteiger partial charge in [0.1, 0.15) is 0 Å². The highest BCUT2D eigenvalue weighted by Crippen LogP contribution is 2.26. The molecule has 0 atom stereocenters. The van der Waals surface area contributed by atoms with E-state index in [-0.39, 0.29) is 24.3 Å². The molecule has 6 nitrogen and oxygen atoms in total. The lowest BCUT2D eigenvalue weighted by atomic mass is 9.96. The molecule has 2 aromatic rings. The Morgan fingerprint density at radius 2 is 2.00 bits per heavy atom. The lowest BCUT2D eigenvalue weighted by Crippen LogP contribution is -2.41. The minimum atomic E-state index is -0.152. The molecule has 0 radical (unpaired) electrons. The second kappa shape index (κ2) is 9.01. The molecule has 27 heavy (non-hydrogen) atoms. The van der Waals surface area contributed by atoms with Crippen LogP contribution in [-0.4, -0.2) is 41.3 Å². The van der Waals surface area contributed by atoms with Gasteiger partial charge in [0.15, 0.2) is 5.13 Å².